The second-order valence-electron chi connectivity index (χ2n) is 2.11. The molecule has 0 aromatic heterocycles. The van der Waals surface area contributed by atoms with Crippen LogP contribution in [0, 0.1) is 0 Å². The van der Waals surface area contributed by atoms with E-state index in [1.807, 2.05) is 0 Å². The lowest BCUT2D eigenvalue weighted by molar-refractivity contribution is 0.106. The Labute approximate surface area is 69.6 Å². The Hall–Kier alpha value is -1.20. The van der Waals surface area contributed by atoms with Gasteiger partial charge in [-0.3, -0.25) is 4.79 Å². The molecule has 0 amide bonds. The van der Waals surface area contributed by atoms with E-state index < -0.39 is 15.2 Å². The highest BCUT2D eigenvalue weighted by molar-refractivity contribution is 8.01. The molecule has 0 fully saturated rings. The normalized spacial score (nSPS) is 11.1. The zero-order valence-electron chi connectivity index (χ0n) is 5.93. The van der Waals surface area contributed by atoms with E-state index in [0.29, 0.717) is 0 Å². The van der Waals surface area contributed by atoms with Crippen molar-refractivity contribution in [3.8, 4) is 0 Å². The first kappa shape index (κ1) is 8.89. The summed E-state index contributed by atoms with van der Waals surface area (Å²) in [5.74, 6) is 0. The van der Waals surface area contributed by atoms with E-state index >= 15 is 0 Å². The van der Waals surface area contributed by atoms with Gasteiger partial charge in [0.1, 0.15) is 0 Å². The average molecular weight is 185 g/mol. The highest BCUT2D eigenvalue weighted by Crippen LogP contribution is 2.03. The smallest absolute Gasteiger partial charge is 0.273 e. The molecule has 4 nitrogen and oxygen atoms in total. The van der Waals surface area contributed by atoms with Gasteiger partial charge in [0.25, 0.3) is 0 Å². The minimum atomic E-state index is -4.84. The Balaban J connectivity index is 3.11. The molecular formula is C7H5O4S. The molecular weight excluding hydrogens is 180 g/mol. The van der Waals surface area contributed by atoms with E-state index in [2.05, 4.69) is 0 Å². The molecule has 0 N–H and O–H groups in total. The van der Waals surface area contributed by atoms with Crippen molar-refractivity contribution in [2.75, 3.05) is 0 Å². The Morgan fingerprint density at radius 1 is 1.08 bits per heavy atom. The van der Waals surface area contributed by atoms with Crippen molar-refractivity contribution in [3.05, 3.63) is 35.9 Å². The van der Waals surface area contributed by atoms with Crippen molar-refractivity contribution in [2.45, 2.75) is 0 Å². The molecule has 0 unspecified atom stereocenters. The molecule has 1 radical (unpaired) electrons. The molecule has 1 aromatic carbocycles. The molecule has 12 heavy (non-hydrogen) atoms. The summed E-state index contributed by atoms with van der Waals surface area (Å²) in [6, 6.07) is 7.14. The third-order valence-corrected chi connectivity index (χ3v) is 1.93. The van der Waals surface area contributed by atoms with Crippen molar-refractivity contribution in [2.24, 2.45) is 0 Å². The predicted octanol–water partition coefficient (Wildman–Crippen LogP) is 0.587. The standard InChI is InChI=1S/C7H5O4S/c8-7(12(9,10)11)6-4-2-1-3-5-6/h1-5H. The lowest BCUT2D eigenvalue weighted by Gasteiger charge is -1.92. The topological polar surface area (TPSA) is 71.1 Å². The summed E-state index contributed by atoms with van der Waals surface area (Å²) in [6.07, 6.45) is 0. The number of benzene rings is 1. The van der Waals surface area contributed by atoms with Crippen LogP contribution < -0.4 is 0 Å². The van der Waals surface area contributed by atoms with E-state index in [9.17, 15) is 17.8 Å². The van der Waals surface area contributed by atoms with E-state index in [1.54, 1.807) is 6.07 Å². The van der Waals surface area contributed by atoms with Crippen LogP contribution in [0.4, 0.5) is 0 Å². The van der Waals surface area contributed by atoms with Crippen molar-refractivity contribution in [3.63, 3.8) is 0 Å². The highest BCUT2D eigenvalue weighted by Gasteiger charge is 2.21. The van der Waals surface area contributed by atoms with Gasteiger partial charge in [-0.15, -0.1) is 0 Å². The fourth-order valence-corrected chi connectivity index (χ4v) is 1.14. The highest BCUT2D eigenvalue weighted by atomic mass is 32.2. The van der Waals surface area contributed by atoms with Crippen LogP contribution in [-0.4, -0.2) is 13.5 Å². The molecule has 0 aliphatic rings. The Kier molecular flexibility index (Phi) is 2.25. The number of hydrogen-bond acceptors (Lipinski definition) is 3. The molecule has 1 rings (SSSR count). The van der Waals surface area contributed by atoms with Gasteiger partial charge in [0, 0.05) is 5.56 Å². The van der Waals surface area contributed by atoms with Crippen molar-refractivity contribution in [1.29, 1.82) is 0 Å². The van der Waals surface area contributed by atoms with Crippen molar-refractivity contribution in [1.82, 2.24) is 0 Å². The number of hydrogen-bond donors (Lipinski definition) is 0. The van der Waals surface area contributed by atoms with Crippen molar-refractivity contribution >= 4 is 15.2 Å². The van der Waals surface area contributed by atoms with E-state index in [1.165, 1.54) is 24.3 Å². The van der Waals surface area contributed by atoms with Gasteiger partial charge in [0.15, 0.2) is 0 Å². The maximum absolute atomic E-state index is 10.8. The molecule has 0 heterocycles. The first-order valence-electron chi connectivity index (χ1n) is 3.07. The molecule has 0 aliphatic carbocycles. The van der Waals surface area contributed by atoms with Gasteiger partial charge < -0.3 is 0 Å². The van der Waals surface area contributed by atoms with Crippen LogP contribution in [-0.2, 0) is 14.7 Å². The zero-order valence-corrected chi connectivity index (χ0v) is 6.74. The van der Waals surface area contributed by atoms with Crippen LogP contribution in [0.2, 0.25) is 0 Å². The zero-order chi connectivity index (χ0) is 9.19. The molecule has 5 heteroatoms. The van der Waals surface area contributed by atoms with Gasteiger partial charge in [-0.2, -0.15) is 8.42 Å². The third kappa shape index (κ3) is 1.90. The van der Waals surface area contributed by atoms with Crippen LogP contribution in [0.3, 0.4) is 0 Å². The Bertz CT molecular complexity index is 379. The second-order valence-corrected chi connectivity index (χ2v) is 3.39. The molecule has 0 saturated heterocycles. The molecule has 1 aromatic rings. The Morgan fingerprint density at radius 2 is 1.58 bits per heavy atom. The van der Waals surface area contributed by atoms with Crippen LogP contribution >= 0.6 is 0 Å². The van der Waals surface area contributed by atoms with E-state index in [-0.39, 0.29) is 5.56 Å². The van der Waals surface area contributed by atoms with Gasteiger partial charge in [-0.25, -0.2) is 0 Å². The summed E-state index contributed by atoms with van der Waals surface area (Å²) in [7, 11) is -4.84. The quantitative estimate of drug-likeness (QED) is 0.642. The molecule has 0 saturated carbocycles. The summed E-state index contributed by atoms with van der Waals surface area (Å²) in [6.45, 7) is 0. The van der Waals surface area contributed by atoms with Crippen LogP contribution in [0.15, 0.2) is 30.3 Å². The molecule has 0 spiro atoms. The minimum absolute atomic E-state index is 0.104. The fraction of sp³-hybridized carbons (Fsp3) is 0. The van der Waals surface area contributed by atoms with Crippen molar-refractivity contribution < 1.29 is 17.8 Å². The molecule has 0 bridgehead atoms. The minimum Gasteiger partial charge on any atom is -0.273 e. The lowest BCUT2D eigenvalue weighted by atomic mass is 10.2. The van der Waals surface area contributed by atoms with Gasteiger partial charge in [-0.1, -0.05) is 34.9 Å². The van der Waals surface area contributed by atoms with Gasteiger partial charge in [0.2, 0.25) is 0 Å². The fourth-order valence-electron chi connectivity index (χ4n) is 0.719. The number of carbonyl (C=O) groups excluding carboxylic acids is 1. The first-order valence-corrected chi connectivity index (χ1v) is 4.48. The SMILES string of the molecule is [O]S(=O)(=O)C(=O)c1ccccc1. The van der Waals surface area contributed by atoms with Gasteiger partial charge in [0.05, 0.1) is 0 Å². The maximum Gasteiger partial charge on any atom is 0.363 e. The summed E-state index contributed by atoms with van der Waals surface area (Å²) in [4.78, 5) is 10.8. The maximum atomic E-state index is 10.8. The number of carbonyl (C=O) groups is 1. The summed E-state index contributed by atoms with van der Waals surface area (Å²) in [5.41, 5.74) is -0.104. The second kappa shape index (κ2) is 3.04. The summed E-state index contributed by atoms with van der Waals surface area (Å²) >= 11 is 0. The molecule has 0 atom stereocenters. The third-order valence-electron chi connectivity index (χ3n) is 1.24. The van der Waals surface area contributed by atoms with Crippen LogP contribution in [0.25, 0.3) is 0 Å². The number of rotatable bonds is 1. The monoisotopic (exact) mass is 185 g/mol. The van der Waals surface area contributed by atoms with Crippen LogP contribution in [0.5, 0.6) is 0 Å². The lowest BCUT2D eigenvalue weighted by Crippen LogP contribution is -2.11. The summed E-state index contributed by atoms with van der Waals surface area (Å²) < 4.78 is 30.7. The predicted molar refractivity (Wildman–Crippen MR) is 40.4 cm³/mol. The average Bonchev–Trinajstić information content (AvgIpc) is 2.03. The van der Waals surface area contributed by atoms with E-state index in [4.69, 9.17) is 0 Å². The largest absolute Gasteiger partial charge is 0.363 e. The summed E-state index contributed by atoms with van der Waals surface area (Å²) in [5, 5.41) is -1.39. The molecule has 0 aliphatic heterocycles. The van der Waals surface area contributed by atoms with Crippen LogP contribution in [0.1, 0.15) is 10.4 Å². The Morgan fingerprint density at radius 3 is 2.00 bits per heavy atom. The van der Waals surface area contributed by atoms with E-state index in [0.717, 1.165) is 0 Å². The molecule has 63 valence electrons. The van der Waals surface area contributed by atoms with Gasteiger partial charge in [-0.05, 0) is 0 Å². The first-order chi connectivity index (χ1) is 5.52. The van der Waals surface area contributed by atoms with Gasteiger partial charge >= 0.3 is 15.2 Å².